The number of rotatable bonds is 7. The van der Waals surface area contributed by atoms with Crippen molar-refractivity contribution in [3.8, 4) is 12.3 Å². The van der Waals surface area contributed by atoms with Crippen molar-refractivity contribution < 1.29 is 0 Å². The summed E-state index contributed by atoms with van der Waals surface area (Å²) in [5, 5.41) is 3.72. The Hall–Kier alpha value is -0.480. The summed E-state index contributed by atoms with van der Waals surface area (Å²) in [6.07, 6.45) is 14.5. The Bertz CT molecular complexity index is 243. The minimum Gasteiger partial charge on any atom is -0.312 e. The lowest BCUT2D eigenvalue weighted by atomic mass is 9.71. The molecule has 1 aliphatic rings. The summed E-state index contributed by atoms with van der Waals surface area (Å²) in [4.78, 5) is 0. The highest BCUT2D eigenvalue weighted by molar-refractivity contribution is 5.01. The molecule has 1 N–H and O–H groups in total. The maximum atomic E-state index is 5.57. The van der Waals surface area contributed by atoms with Crippen LogP contribution in [0.25, 0.3) is 0 Å². The third-order valence-electron chi connectivity index (χ3n) is 4.12. The standard InChI is InChI=1S/C16H29N/c1-5-9-15(17-12-6-2)16(13-14(3)4)10-7-8-11-16/h1,14-15,17H,6-13H2,2-4H3. The average Bonchev–Trinajstić information content (AvgIpc) is 2.72. The van der Waals surface area contributed by atoms with Crippen LogP contribution in [0, 0.1) is 23.7 Å². The second-order valence-corrected chi connectivity index (χ2v) is 6.08. The highest BCUT2D eigenvalue weighted by Gasteiger charge is 2.40. The predicted octanol–water partition coefficient (Wildman–Crippen LogP) is 3.98. The molecule has 0 aromatic heterocycles. The lowest BCUT2D eigenvalue weighted by Crippen LogP contribution is -2.44. The first-order valence-corrected chi connectivity index (χ1v) is 7.31. The van der Waals surface area contributed by atoms with E-state index in [0.29, 0.717) is 11.5 Å². The maximum absolute atomic E-state index is 5.57. The molecule has 0 amide bonds. The van der Waals surface area contributed by atoms with Crippen LogP contribution >= 0.6 is 0 Å². The Balaban J connectivity index is 2.73. The number of hydrogen-bond donors (Lipinski definition) is 1. The van der Waals surface area contributed by atoms with Gasteiger partial charge in [-0.25, -0.2) is 0 Å². The van der Waals surface area contributed by atoms with Crippen LogP contribution < -0.4 is 5.32 Å². The highest BCUT2D eigenvalue weighted by atomic mass is 14.9. The molecule has 0 saturated heterocycles. The monoisotopic (exact) mass is 235 g/mol. The first-order chi connectivity index (χ1) is 8.14. The Morgan fingerprint density at radius 1 is 1.29 bits per heavy atom. The van der Waals surface area contributed by atoms with E-state index in [1.807, 2.05) is 0 Å². The van der Waals surface area contributed by atoms with E-state index in [0.717, 1.165) is 18.9 Å². The SMILES string of the molecule is C#CCC(NCCC)C1(CC(C)C)CCCC1. The molecule has 1 nitrogen and oxygen atoms in total. The smallest absolute Gasteiger partial charge is 0.0246 e. The van der Waals surface area contributed by atoms with Gasteiger partial charge in [0.05, 0.1) is 0 Å². The summed E-state index contributed by atoms with van der Waals surface area (Å²) in [5.74, 6) is 3.66. The van der Waals surface area contributed by atoms with E-state index < -0.39 is 0 Å². The van der Waals surface area contributed by atoms with E-state index in [2.05, 4.69) is 32.0 Å². The fourth-order valence-corrected chi connectivity index (χ4v) is 3.53. The fraction of sp³-hybridized carbons (Fsp3) is 0.875. The van der Waals surface area contributed by atoms with Crippen molar-refractivity contribution in [3.63, 3.8) is 0 Å². The molecule has 1 heteroatoms. The van der Waals surface area contributed by atoms with Crippen molar-refractivity contribution in [1.82, 2.24) is 5.32 Å². The molecule has 0 radical (unpaired) electrons. The molecule has 17 heavy (non-hydrogen) atoms. The number of hydrogen-bond acceptors (Lipinski definition) is 1. The molecule has 1 rings (SSSR count). The van der Waals surface area contributed by atoms with Gasteiger partial charge < -0.3 is 5.32 Å². The molecule has 0 heterocycles. The van der Waals surface area contributed by atoms with Crippen LogP contribution in [0.5, 0.6) is 0 Å². The molecule has 0 spiro atoms. The molecule has 1 atom stereocenters. The van der Waals surface area contributed by atoms with Crippen molar-refractivity contribution in [2.45, 2.75) is 71.8 Å². The summed E-state index contributed by atoms with van der Waals surface area (Å²) in [6.45, 7) is 8.01. The Kier molecular flexibility index (Phi) is 6.06. The zero-order chi connectivity index (χ0) is 12.7. The van der Waals surface area contributed by atoms with E-state index in [9.17, 15) is 0 Å². The van der Waals surface area contributed by atoms with E-state index in [1.165, 1.54) is 38.5 Å². The minimum atomic E-state index is 0.482. The quantitative estimate of drug-likeness (QED) is 0.658. The van der Waals surface area contributed by atoms with Gasteiger partial charge in [-0.3, -0.25) is 0 Å². The third kappa shape index (κ3) is 4.03. The molecule has 0 aromatic rings. The summed E-state index contributed by atoms with van der Waals surface area (Å²) < 4.78 is 0. The Labute approximate surface area is 108 Å². The Morgan fingerprint density at radius 3 is 2.41 bits per heavy atom. The zero-order valence-corrected chi connectivity index (χ0v) is 11.9. The van der Waals surface area contributed by atoms with Crippen molar-refractivity contribution in [3.05, 3.63) is 0 Å². The second kappa shape index (κ2) is 7.07. The Morgan fingerprint density at radius 2 is 1.94 bits per heavy atom. The highest BCUT2D eigenvalue weighted by Crippen LogP contribution is 2.46. The number of nitrogens with one attached hydrogen (secondary N) is 1. The topological polar surface area (TPSA) is 12.0 Å². The normalized spacial score (nSPS) is 20.4. The molecular formula is C16H29N. The molecule has 98 valence electrons. The van der Waals surface area contributed by atoms with Crippen LogP contribution in [0.2, 0.25) is 0 Å². The summed E-state index contributed by atoms with van der Waals surface area (Å²) in [5.41, 5.74) is 0.482. The van der Waals surface area contributed by atoms with Gasteiger partial charge >= 0.3 is 0 Å². The van der Waals surface area contributed by atoms with Crippen molar-refractivity contribution in [1.29, 1.82) is 0 Å². The first-order valence-electron chi connectivity index (χ1n) is 7.31. The summed E-state index contributed by atoms with van der Waals surface area (Å²) in [6, 6.07) is 0.539. The first kappa shape index (κ1) is 14.6. The molecule has 1 unspecified atom stereocenters. The molecular weight excluding hydrogens is 206 g/mol. The zero-order valence-electron chi connectivity index (χ0n) is 11.9. The predicted molar refractivity (Wildman–Crippen MR) is 75.9 cm³/mol. The fourth-order valence-electron chi connectivity index (χ4n) is 3.53. The van der Waals surface area contributed by atoms with E-state index in [-0.39, 0.29) is 0 Å². The van der Waals surface area contributed by atoms with Crippen molar-refractivity contribution in [2.24, 2.45) is 11.3 Å². The van der Waals surface area contributed by atoms with Crippen LogP contribution in [0.4, 0.5) is 0 Å². The van der Waals surface area contributed by atoms with Crippen LogP contribution in [0.15, 0.2) is 0 Å². The third-order valence-corrected chi connectivity index (χ3v) is 4.12. The van der Waals surface area contributed by atoms with Crippen LogP contribution in [0.1, 0.15) is 65.7 Å². The van der Waals surface area contributed by atoms with Gasteiger partial charge in [0.2, 0.25) is 0 Å². The van der Waals surface area contributed by atoms with Crippen LogP contribution in [0.3, 0.4) is 0 Å². The van der Waals surface area contributed by atoms with Gasteiger partial charge in [-0.15, -0.1) is 12.3 Å². The van der Waals surface area contributed by atoms with Gasteiger partial charge in [-0.05, 0) is 43.6 Å². The minimum absolute atomic E-state index is 0.482. The molecule has 0 aromatic carbocycles. The van der Waals surface area contributed by atoms with Gasteiger partial charge in [0.25, 0.3) is 0 Å². The van der Waals surface area contributed by atoms with Crippen molar-refractivity contribution >= 4 is 0 Å². The lowest BCUT2D eigenvalue weighted by Gasteiger charge is -2.39. The van der Waals surface area contributed by atoms with Gasteiger partial charge in [-0.1, -0.05) is 33.6 Å². The largest absolute Gasteiger partial charge is 0.312 e. The van der Waals surface area contributed by atoms with Gasteiger partial charge in [0.1, 0.15) is 0 Å². The molecule has 0 bridgehead atoms. The molecule has 1 aliphatic carbocycles. The summed E-state index contributed by atoms with van der Waals surface area (Å²) >= 11 is 0. The van der Waals surface area contributed by atoms with E-state index in [1.54, 1.807) is 0 Å². The second-order valence-electron chi connectivity index (χ2n) is 6.08. The maximum Gasteiger partial charge on any atom is 0.0246 e. The lowest BCUT2D eigenvalue weighted by molar-refractivity contribution is 0.157. The van der Waals surface area contributed by atoms with E-state index in [4.69, 9.17) is 6.42 Å². The molecule has 1 saturated carbocycles. The summed E-state index contributed by atoms with van der Waals surface area (Å²) in [7, 11) is 0. The molecule has 0 aliphatic heterocycles. The van der Waals surface area contributed by atoms with Gasteiger partial charge in [0, 0.05) is 12.5 Å². The average molecular weight is 235 g/mol. The van der Waals surface area contributed by atoms with E-state index >= 15 is 0 Å². The van der Waals surface area contributed by atoms with Gasteiger partial charge in [0.15, 0.2) is 0 Å². The molecule has 1 fully saturated rings. The van der Waals surface area contributed by atoms with Crippen LogP contribution in [-0.2, 0) is 0 Å². The van der Waals surface area contributed by atoms with Crippen molar-refractivity contribution in [2.75, 3.05) is 6.54 Å². The van der Waals surface area contributed by atoms with Crippen LogP contribution in [-0.4, -0.2) is 12.6 Å². The number of terminal acetylenes is 1. The van der Waals surface area contributed by atoms with Gasteiger partial charge in [-0.2, -0.15) is 0 Å².